The number of carbonyl (C=O) groups is 1. The topological polar surface area (TPSA) is 97.5 Å². The summed E-state index contributed by atoms with van der Waals surface area (Å²) in [5.41, 5.74) is -0.359. The number of hydrogen-bond donors (Lipinski definition) is 2. The SMILES string of the molecule is CC1OCCC1(C)n1c(CO)nnc1SCC(=O)O. The molecule has 106 valence electrons. The van der Waals surface area contributed by atoms with Crippen LogP contribution in [0.3, 0.4) is 0 Å². The van der Waals surface area contributed by atoms with E-state index < -0.39 is 5.97 Å². The zero-order valence-corrected chi connectivity index (χ0v) is 11.7. The maximum atomic E-state index is 10.7. The second kappa shape index (κ2) is 5.48. The Balaban J connectivity index is 2.36. The van der Waals surface area contributed by atoms with Crippen molar-refractivity contribution in [2.75, 3.05) is 12.4 Å². The first kappa shape index (κ1) is 14.3. The molecule has 2 N–H and O–H groups in total. The van der Waals surface area contributed by atoms with Gasteiger partial charge in [0, 0.05) is 6.61 Å². The van der Waals surface area contributed by atoms with Crippen molar-refractivity contribution in [2.45, 2.75) is 43.7 Å². The van der Waals surface area contributed by atoms with Crippen molar-refractivity contribution in [3.8, 4) is 0 Å². The van der Waals surface area contributed by atoms with Crippen LogP contribution in [0.25, 0.3) is 0 Å². The minimum absolute atomic E-state index is 0.0435. The lowest BCUT2D eigenvalue weighted by Gasteiger charge is -2.31. The first-order valence-electron chi connectivity index (χ1n) is 6.01. The molecule has 2 rings (SSSR count). The van der Waals surface area contributed by atoms with Gasteiger partial charge in [0.1, 0.15) is 6.61 Å². The van der Waals surface area contributed by atoms with Gasteiger partial charge in [-0.25, -0.2) is 0 Å². The van der Waals surface area contributed by atoms with Gasteiger partial charge in [0.25, 0.3) is 0 Å². The highest BCUT2D eigenvalue weighted by Gasteiger charge is 2.42. The lowest BCUT2D eigenvalue weighted by Crippen LogP contribution is -2.38. The van der Waals surface area contributed by atoms with Crippen molar-refractivity contribution in [3.05, 3.63) is 5.82 Å². The predicted molar refractivity (Wildman–Crippen MR) is 68.0 cm³/mol. The predicted octanol–water partition coefficient (Wildman–Crippen LogP) is 0.471. The molecule has 0 aromatic carbocycles. The van der Waals surface area contributed by atoms with Crippen molar-refractivity contribution in [1.82, 2.24) is 14.8 Å². The van der Waals surface area contributed by atoms with Crippen LogP contribution < -0.4 is 0 Å². The molecule has 7 nitrogen and oxygen atoms in total. The zero-order chi connectivity index (χ0) is 14.0. The van der Waals surface area contributed by atoms with Gasteiger partial charge in [-0.2, -0.15) is 0 Å². The van der Waals surface area contributed by atoms with Gasteiger partial charge < -0.3 is 14.9 Å². The Bertz CT molecular complexity index is 479. The van der Waals surface area contributed by atoms with E-state index >= 15 is 0 Å². The van der Waals surface area contributed by atoms with Gasteiger partial charge in [-0.05, 0) is 20.3 Å². The number of aliphatic carboxylic acids is 1. The molecule has 2 atom stereocenters. The summed E-state index contributed by atoms with van der Waals surface area (Å²) >= 11 is 1.10. The molecule has 1 aromatic rings. The van der Waals surface area contributed by atoms with E-state index in [0.717, 1.165) is 18.2 Å². The van der Waals surface area contributed by atoms with E-state index in [-0.39, 0.29) is 24.0 Å². The largest absolute Gasteiger partial charge is 0.481 e. The van der Waals surface area contributed by atoms with Crippen molar-refractivity contribution in [2.24, 2.45) is 0 Å². The number of nitrogens with zero attached hydrogens (tertiary/aromatic N) is 3. The molecule has 19 heavy (non-hydrogen) atoms. The van der Waals surface area contributed by atoms with Crippen molar-refractivity contribution >= 4 is 17.7 Å². The van der Waals surface area contributed by atoms with Crippen molar-refractivity contribution < 1.29 is 19.7 Å². The molecule has 0 bridgehead atoms. The van der Waals surface area contributed by atoms with Crippen molar-refractivity contribution in [3.63, 3.8) is 0 Å². The molecule has 0 spiro atoms. The molecule has 0 saturated carbocycles. The van der Waals surface area contributed by atoms with E-state index in [4.69, 9.17) is 9.84 Å². The number of rotatable bonds is 5. The Morgan fingerprint density at radius 2 is 2.37 bits per heavy atom. The molecule has 1 aliphatic rings. The Morgan fingerprint density at radius 3 is 2.89 bits per heavy atom. The molecule has 1 fully saturated rings. The third kappa shape index (κ3) is 2.60. The average molecular weight is 287 g/mol. The third-order valence-corrected chi connectivity index (χ3v) is 4.44. The molecule has 0 aliphatic carbocycles. The Labute approximate surface area is 115 Å². The number of carboxylic acid groups (broad SMARTS) is 1. The Morgan fingerprint density at radius 1 is 1.63 bits per heavy atom. The van der Waals surface area contributed by atoms with E-state index in [1.807, 2.05) is 18.4 Å². The molecule has 8 heteroatoms. The van der Waals surface area contributed by atoms with E-state index in [0.29, 0.717) is 17.6 Å². The molecular formula is C11H17N3O4S. The Hall–Kier alpha value is -1.12. The number of aromatic nitrogens is 3. The van der Waals surface area contributed by atoms with Gasteiger partial charge in [-0.1, -0.05) is 11.8 Å². The highest BCUT2D eigenvalue weighted by Crippen LogP contribution is 2.37. The molecular weight excluding hydrogens is 270 g/mol. The van der Waals surface area contributed by atoms with Crippen LogP contribution in [0.15, 0.2) is 5.16 Å². The minimum Gasteiger partial charge on any atom is -0.481 e. The summed E-state index contributed by atoms with van der Waals surface area (Å²) in [5, 5.41) is 26.6. The van der Waals surface area contributed by atoms with Gasteiger partial charge in [-0.3, -0.25) is 9.36 Å². The van der Waals surface area contributed by atoms with Gasteiger partial charge in [0.15, 0.2) is 11.0 Å². The highest BCUT2D eigenvalue weighted by atomic mass is 32.2. The second-order valence-electron chi connectivity index (χ2n) is 4.69. The molecule has 0 amide bonds. The van der Waals surface area contributed by atoms with Gasteiger partial charge in [0.2, 0.25) is 0 Å². The van der Waals surface area contributed by atoms with Crippen LogP contribution >= 0.6 is 11.8 Å². The smallest absolute Gasteiger partial charge is 0.313 e. The average Bonchev–Trinajstić information content (AvgIpc) is 2.92. The summed E-state index contributed by atoms with van der Waals surface area (Å²) in [6, 6.07) is 0. The van der Waals surface area contributed by atoms with Crippen LogP contribution in [0.1, 0.15) is 26.1 Å². The standard InChI is InChI=1S/C11H17N3O4S/c1-7-11(2,3-4-18-7)14-8(5-15)12-13-10(14)19-6-9(16)17/h7,15H,3-6H2,1-2H3,(H,16,17). The summed E-state index contributed by atoms with van der Waals surface area (Å²) in [5.74, 6) is -0.562. The summed E-state index contributed by atoms with van der Waals surface area (Å²) in [6.07, 6.45) is 0.734. The maximum absolute atomic E-state index is 10.7. The first-order chi connectivity index (χ1) is 8.99. The highest BCUT2D eigenvalue weighted by molar-refractivity contribution is 7.99. The molecule has 0 radical (unpaired) electrons. The van der Waals surface area contributed by atoms with Gasteiger partial charge in [-0.15, -0.1) is 10.2 Å². The van der Waals surface area contributed by atoms with E-state index in [2.05, 4.69) is 10.2 Å². The second-order valence-corrected chi connectivity index (χ2v) is 5.64. The van der Waals surface area contributed by atoms with Crippen LogP contribution in [0.2, 0.25) is 0 Å². The lowest BCUT2D eigenvalue weighted by molar-refractivity contribution is -0.133. The fourth-order valence-electron chi connectivity index (χ4n) is 2.25. The van der Waals surface area contributed by atoms with Gasteiger partial charge in [0.05, 0.1) is 17.4 Å². The van der Waals surface area contributed by atoms with Crippen LogP contribution in [0.5, 0.6) is 0 Å². The van der Waals surface area contributed by atoms with Gasteiger partial charge >= 0.3 is 5.97 Å². The maximum Gasteiger partial charge on any atom is 0.313 e. The molecule has 1 aromatic heterocycles. The van der Waals surface area contributed by atoms with Crippen LogP contribution in [-0.2, 0) is 21.7 Å². The number of aliphatic hydroxyl groups excluding tert-OH is 1. The molecule has 2 unspecified atom stereocenters. The fraction of sp³-hybridized carbons (Fsp3) is 0.727. The first-order valence-corrected chi connectivity index (χ1v) is 6.99. The fourth-order valence-corrected chi connectivity index (χ4v) is 3.05. The van der Waals surface area contributed by atoms with Crippen LogP contribution in [0, 0.1) is 0 Å². The normalized spacial score (nSPS) is 26.8. The number of thioether (sulfide) groups is 1. The summed E-state index contributed by atoms with van der Waals surface area (Å²) in [6.45, 7) is 4.37. The van der Waals surface area contributed by atoms with E-state index in [9.17, 15) is 9.90 Å². The number of aliphatic hydroxyl groups is 1. The zero-order valence-electron chi connectivity index (χ0n) is 10.9. The summed E-state index contributed by atoms with van der Waals surface area (Å²) in [7, 11) is 0. The third-order valence-electron chi connectivity index (χ3n) is 3.53. The number of hydrogen-bond acceptors (Lipinski definition) is 6. The number of carboxylic acids is 1. The van der Waals surface area contributed by atoms with E-state index in [1.54, 1.807) is 0 Å². The monoisotopic (exact) mass is 287 g/mol. The van der Waals surface area contributed by atoms with E-state index in [1.165, 1.54) is 0 Å². The van der Waals surface area contributed by atoms with Crippen molar-refractivity contribution in [1.29, 1.82) is 0 Å². The summed E-state index contributed by atoms with van der Waals surface area (Å²) in [4.78, 5) is 10.7. The quantitative estimate of drug-likeness (QED) is 0.760. The summed E-state index contributed by atoms with van der Waals surface area (Å²) < 4.78 is 7.41. The molecule has 1 aliphatic heterocycles. The molecule has 1 saturated heterocycles. The number of ether oxygens (including phenoxy) is 1. The Kier molecular flexibility index (Phi) is 4.12. The van der Waals surface area contributed by atoms with Crippen LogP contribution in [0.4, 0.5) is 0 Å². The lowest BCUT2D eigenvalue weighted by atomic mass is 9.94. The molecule has 2 heterocycles. The minimum atomic E-state index is -0.911. The van der Waals surface area contributed by atoms with Crippen LogP contribution in [-0.4, -0.2) is 49.4 Å².